The Morgan fingerprint density at radius 1 is 0.586 bits per heavy atom. The standard InChI is InChI=1S/C50H30N6O.Pt/c1-51-39-28-38(50-54-53-33-55(50)49-42(35-16-7-3-8-17-35)20-13-21-43(49)36-18-9-4-10-19-36)29-41(31-39)57-40-24-25-44-45-30-37(34-14-5-2-6-15-34)23-26-46(45)56(47(44)32-40)48-22-11-12-27-52-48;/h2-28,30-31,33H;/q-2;+2. The normalized spacial score (nSPS) is 10.9. The first kappa shape index (κ1) is 36.3. The van der Waals surface area contributed by atoms with Crippen molar-refractivity contribution in [1.29, 1.82) is 0 Å². The van der Waals surface area contributed by atoms with Gasteiger partial charge in [-0.25, -0.2) is 4.98 Å². The fourth-order valence-electron chi connectivity index (χ4n) is 7.49. The molecule has 276 valence electrons. The second-order valence-electron chi connectivity index (χ2n) is 13.5. The summed E-state index contributed by atoms with van der Waals surface area (Å²) >= 11 is 0. The Labute approximate surface area is 349 Å². The predicted octanol–water partition coefficient (Wildman–Crippen LogP) is 12.4. The van der Waals surface area contributed by atoms with Crippen molar-refractivity contribution in [3.05, 3.63) is 206 Å². The molecule has 7 nitrogen and oxygen atoms in total. The zero-order chi connectivity index (χ0) is 38.1. The SMILES string of the molecule is [C-]#[N+]c1cc(Oc2[c-]c3c(cc2)c2cc(-c4ccccc4)ccc2n3-c2ccccn2)[c-]c(-c2nncn2-c2c(-c3ccccc3)cccc2-c2ccccc2)c1.[Pt+2]. The number of rotatable bonds is 8. The van der Waals surface area contributed by atoms with E-state index in [0.717, 1.165) is 66.7 Å². The predicted molar refractivity (Wildman–Crippen MR) is 226 cm³/mol. The number of benzene rings is 7. The van der Waals surface area contributed by atoms with Crippen LogP contribution in [0.2, 0.25) is 0 Å². The third-order valence-electron chi connectivity index (χ3n) is 10.0. The summed E-state index contributed by atoms with van der Waals surface area (Å²) in [6.07, 6.45) is 3.50. The Morgan fingerprint density at radius 2 is 1.28 bits per heavy atom. The molecule has 58 heavy (non-hydrogen) atoms. The maximum atomic E-state index is 8.02. The van der Waals surface area contributed by atoms with E-state index in [1.54, 1.807) is 24.7 Å². The molecule has 0 amide bonds. The Kier molecular flexibility index (Phi) is 9.77. The number of aromatic nitrogens is 5. The van der Waals surface area contributed by atoms with Gasteiger partial charge in [-0.2, -0.15) is 11.2 Å². The average molecular weight is 926 g/mol. The van der Waals surface area contributed by atoms with E-state index in [0.29, 0.717) is 28.6 Å². The van der Waals surface area contributed by atoms with Crippen LogP contribution in [-0.4, -0.2) is 24.3 Å². The van der Waals surface area contributed by atoms with Crippen molar-refractivity contribution < 1.29 is 25.8 Å². The number of hydrogen-bond acceptors (Lipinski definition) is 4. The van der Waals surface area contributed by atoms with Crippen molar-refractivity contribution in [3.8, 4) is 67.8 Å². The molecule has 0 atom stereocenters. The van der Waals surface area contributed by atoms with E-state index in [1.165, 1.54) is 0 Å². The van der Waals surface area contributed by atoms with Gasteiger partial charge in [-0.1, -0.05) is 145 Å². The topological polar surface area (TPSA) is 62.1 Å². The Morgan fingerprint density at radius 3 is 1.95 bits per heavy atom. The van der Waals surface area contributed by atoms with E-state index in [9.17, 15) is 0 Å². The molecule has 3 aromatic heterocycles. The summed E-state index contributed by atoms with van der Waals surface area (Å²) in [5.74, 6) is 2.12. The third-order valence-corrected chi connectivity index (χ3v) is 10.0. The molecule has 0 spiro atoms. The van der Waals surface area contributed by atoms with Gasteiger partial charge in [-0.3, -0.25) is 4.85 Å². The quantitative estimate of drug-likeness (QED) is 0.142. The van der Waals surface area contributed by atoms with Crippen LogP contribution in [-0.2, 0) is 21.1 Å². The van der Waals surface area contributed by atoms with Gasteiger partial charge in [0.05, 0.1) is 18.1 Å². The molecule has 0 unspecified atom stereocenters. The van der Waals surface area contributed by atoms with Crippen molar-refractivity contribution in [2.45, 2.75) is 0 Å². The van der Waals surface area contributed by atoms with Gasteiger partial charge in [-0.15, -0.1) is 34.2 Å². The summed E-state index contributed by atoms with van der Waals surface area (Å²) < 4.78 is 10.6. The van der Waals surface area contributed by atoms with E-state index in [-0.39, 0.29) is 21.1 Å². The summed E-state index contributed by atoms with van der Waals surface area (Å²) in [5.41, 5.74) is 10.1. The molecule has 0 aliphatic heterocycles. The first-order valence-electron chi connectivity index (χ1n) is 18.5. The van der Waals surface area contributed by atoms with Crippen molar-refractivity contribution in [2.24, 2.45) is 0 Å². The molecule has 10 aromatic rings. The molecule has 0 saturated heterocycles. The van der Waals surface area contributed by atoms with E-state index in [1.807, 2.05) is 71.3 Å². The Hall–Kier alpha value is -7.39. The van der Waals surface area contributed by atoms with Gasteiger partial charge < -0.3 is 13.9 Å². The summed E-state index contributed by atoms with van der Waals surface area (Å²) in [4.78, 5) is 8.52. The Balaban J connectivity index is 0.00000436. The first-order valence-corrected chi connectivity index (χ1v) is 18.5. The number of hydrogen-bond donors (Lipinski definition) is 0. The fraction of sp³-hybridized carbons (Fsp3) is 0. The molecule has 3 heterocycles. The van der Waals surface area contributed by atoms with E-state index in [2.05, 4.69) is 123 Å². The molecule has 7 aromatic carbocycles. The molecule has 0 aliphatic rings. The number of fused-ring (bicyclic) bond motifs is 3. The van der Waals surface area contributed by atoms with Crippen LogP contribution in [0.25, 0.3) is 82.9 Å². The molecule has 0 fully saturated rings. The number of nitrogens with zero attached hydrogens (tertiary/aromatic N) is 6. The summed E-state index contributed by atoms with van der Waals surface area (Å²) in [6.45, 7) is 8.02. The van der Waals surface area contributed by atoms with Crippen LogP contribution in [0, 0.1) is 18.7 Å². The molecule has 8 heteroatoms. The van der Waals surface area contributed by atoms with Gasteiger partial charge in [0.2, 0.25) is 0 Å². The monoisotopic (exact) mass is 925 g/mol. The van der Waals surface area contributed by atoms with Crippen LogP contribution in [0.4, 0.5) is 5.69 Å². The van der Waals surface area contributed by atoms with Crippen molar-refractivity contribution in [2.75, 3.05) is 0 Å². The molecule has 0 aliphatic carbocycles. The number of para-hydroxylation sites is 1. The molecule has 0 radical (unpaired) electrons. The van der Waals surface area contributed by atoms with Crippen LogP contribution < -0.4 is 4.74 Å². The summed E-state index contributed by atoms with van der Waals surface area (Å²) in [7, 11) is 0. The minimum absolute atomic E-state index is 0. The largest absolute Gasteiger partial charge is 2.00 e. The zero-order valence-electron chi connectivity index (χ0n) is 30.7. The molecule has 10 rings (SSSR count). The van der Waals surface area contributed by atoms with Crippen LogP contribution in [0.5, 0.6) is 11.5 Å². The molecular weight excluding hydrogens is 896 g/mol. The van der Waals surface area contributed by atoms with Crippen LogP contribution >= 0.6 is 0 Å². The minimum Gasteiger partial charge on any atom is -0.504 e. The van der Waals surface area contributed by atoms with Crippen LogP contribution in [0.3, 0.4) is 0 Å². The van der Waals surface area contributed by atoms with Gasteiger partial charge in [0.1, 0.15) is 17.8 Å². The smallest absolute Gasteiger partial charge is 0.504 e. The van der Waals surface area contributed by atoms with Gasteiger partial charge >= 0.3 is 21.1 Å². The molecule has 0 bridgehead atoms. The average Bonchev–Trinajstić information content (AvgIpc) is 3.90. The molecule has 0 N–H and O–H groups in total. The van der Waals surface area contributed by atoms with Gasteiger partial charge in [0, 0.05) is 34.3 Å². The maximum absolute atomic E-state index is 8.02. The van der Waals surface area contributed by atoms with E-state index >= 15 is 0 Å². The van der Waals surface area contributed by atoms with Crippen molar-refractivity contribution >= 4 is 27.5 Å². The first-order chi connectivity index (χ1) is 28.2. The second-order valence-corrected chi connectivity index (χ2v) is 13.5. The van der Waals surface area contributed by atoms with Gasteiger partial charge in [0.25, 0.3) is 0 Å². The van der Waals surface area contributed by atoms with Crippen LogP contribution in [0.1, 0.15) is 0 Å². The minimum atomic E-state index is 0. The van der Waals surface area contributed by atoms with Crippen molar-refractivity contribution in [1.82, 2.24) is 24.3 Å². The van der Waals surface area contributed by atoms with E-state index < -0.39 is 0 Å². The zero-order valence-corrected chi connectivity index (χ0v) is 33.0. The van der Waals surface area contributed by atoms with Gasteiger partial charge in [0.15, 0.2) is 0 Å². The Bertz CT molecular complexity index is 3040. The maximum Gasteiger partial charge on any atom is 2.00 e. The van der Waals surface area contributed by atoms with E-state index in [4.69, 9.17) is 16.3 Å². The third kappa shape index (κ3) is 6.66. The summed E-state index contributed by atoms with van der Waals surface area (Å²) in [5, 5.41) is 11.1. The summed E-state index contributed by atoms with van der Waals surface area (Å²) in [6, 6.07) is 63.9. The molecule has 0 saturated carbocycles. The molecular formula is C50H30N6OPt. The number of pyridine rings is 1. The second kappa shape index (κ2) is 15.6. The van der Waals surface area contributed by atoms with Gasteiger partial charge in [-0.05, 0) is 45.8 Å². The fourth-order valence-corrected chi connectivity index (χ4v) is 7.49. The van der Waals surface area contributed by atoms with Crippen molar-refractivity contribution in [3.63, 3.8) is 0 Å². The number of ether oxygens (including phenoxy) is 1. The van der Waals surface area contributed by atoms with Crippen LogP contribution in [0.15, 0.2) is 182 Å².